The molecule has 1 amide bonds. The molecule has 1 heterocycles. The van der Waals surface area contributed by atoms with Crippen LogP contribution < -0.4 is 21.3 Å². The van der Waals surface area contributed by atoms with E-state index < -0.39 is 0 Å². The molecule has 4 N–H and O–H groups in total. The highest BCUT2D eigenvalue weighted by molar-refractivity contribution is 5.77. The van der Waals surface area contributed by atoms with Gasteiger partial charge in [0.2, 0.25) is 23.8 Å². The van der Waals surface area contributed by atoms with E-state index in [1.165, 1.54) is 0 Å². The lowest BCUT2D eigenvalue weighted by Crippen LogP contribution is -2.41. The van der Waals surface area contributed by atoms with E-state index in [9.17, 15) is 4.79 Å². The Morgan fingerprint density at radius 1 is 1.25 bits per heavy atom. The molecule has 1 aromatic heterocycles. The molecule has 0 aliphatic carbocycles. The van der Waals surface area contributed by atoms with Crippen molar-refractivity contribution in [2.75, 3.05) is 36.6 Å². The number of anilines is 3. The summed E-state index contributed by atoms with van der Waals surface area (Å²) in [6.45, 7) is 6.25. The predicted octanol–water partition coefficient (Wildman–Crippen LogP) is 0.237. The summed E-state index contributed by atoms with van der Waals surface area (Å²) in [6, 6.07) is 0. The third-order valence-electron chi connectivity index (χ3n) is 2.19. The van der Waals surface area contributed by atoms with Crippen LogP contribution >= 0.6 is 0 Å². The van der Waals surface area contributed by atoms with Gasteiger partial charge in [0.15, 0.2) is 0 Å². The first kappa shape index (κ1) is 15.9. The van der Waals surface area contributed by atoms with Crippen LogP contribution in [0.2, 0.25) is 0 Å². The Morgan fingerprint density at radius 2 is 1.90 bits per heavy atom. The first-order valence-electron chi connectivity index (χ1n) is 6.41. The van der Waals surface area contributed by atoms with Crippen molar-refractivity contribution in [1.82, 2.24) is 20.3 Å². The molecule has 8 nitrogen and oxygen atoms in total. The summed E-state index contributed by atoms with van der Waals surface area (Å²) in [4.78, 5) is 25.5. The molecule has 1 rings (SSSR count). The zero-order chi connectivity index (χ0) is 15.3. The van der Waals surface area contributed by atoms with Gasteiger partial charge in [0.05, 0.1) is 0 Å². The maximum Gasteiger partial charge on any atom is 0.231 e. The van der Waals surface area contributed by atoms with Crippen LogP contribution in [-0.4, -0.2) is 47.0 Å². The molecule has 0 atom stereocenters. The summed E-state index contributed by atoms with van der Waals surface area (Å²) in [5.41, 5.74) is 5.37. The maximum absolute atomic E-state index is 11.7. The molecule has 0 saturated carbocycles. The SMILES string of the molecule is CN(C)c1nc(N)nc(NCCC(=O)NC(C)(C)C)n1. The Kier molecular flexibility index (Phi) is 5.06. The fourth-order valence-electron chi connectivity index (χ4n) is 1.43. The summed E-state index contributed by atoms with van der Waals surface area (Å²) in [5, 5.41) is 5.85. The van der Waals surface area contributed by atoms with E-state index in [2.05, 4.69) is 25.6 Å². The molecule has 0 saturated heterocycles. The predicted molar refractivity (Wildman–Crippen MR) is 79.6 cm³/mol. The fraction of sp³-hybridized carbons (Fsp3) is 0.667. The lowest BCUT2D eigenvalue weighted by atomic mass is 10.1. The Bertz CT molecular complexity index is 467. The van der Waals surface area contributed by atoms with Crippen molar-refractivity contribution < 1.29 is 4.79 Å². The van der Waals surface area contributed by atoms with Crippen molar-refractivity contribution in [3.8, 4) is 0 Å². The molecule has 0 fully saturated rings. The summed E-state index contributed by atoms with van der Waals surface area (Å²) >= 11 is 0. The van der Waals surface area contributed by atoms with Crippen molar-refractivity contribution in [3.63, 3.8) is 0 Å². The second-order valence-electron chi connectivity index (χ2n) is 5.69. The van der Waals surface area contributed by atoms with Crippen LogP contribution in [0.5, 0.6) is 0 Å². The second-order valence-corrected chi connectivity index (χ2v) is 5.69. The molecule has 8 heteroatoms. The van der Waals surface area contributed by atoms with Crippen LogP contribution in [0.25, 0.3) is 0 Å². The summed E-state index contributed by atoms with van der Waals surface area (Å²) in [5.74, 6) is 0.953. The van der Waals surface area contributed by atoms with Crippen LogP contribution in [0.1, 0.15) is 27.2 Å². The van der Waals surface area contributed by atoms with Crippen LogP contribution in [-0.2, 0) is 4.79 Å². The van der Waals surface area contributed by atoms with Gasteiger partial charge in [0, 0.05) is 32.6 Å². The van der Waals surface area contributed by atoms with Crippen molar-refractivity contribution in [2.24, 2.45) is 0 Å². The molecular formula is C12H23N7O. The van der Waals surface area contributed by atoms with Gasteiger partial charge in [0.1, 0.15) is 0 Å². The van der Waals surface area contributed by atoms with Crippen LogP contribution in [0.4, 0.5) is 17.8 Å². The van der Waals surface area contributed by atoms with Gasteiger partial charge in [0.25, 0.3) is 0 Å². The smallest absolute Gasteiger partial charge is 0.231 e. The van der Waals surface area contributed by atoms with E-state index >= 15 is 0 Å². The average Bonchev–Trinajstić information content (AvgIpc) is 2.25. The molecule has 0 bridgehead atoms. The highest BCUT2D eigenvalue weighted by atomic mass is 16.1. The summed E-state index contributed by atoms with van der Waals surface area (Å²) in [7, 11) is 3.63. The van der Waals surface area contributed by atoms with Crippen molar-refractivity contribution in [1.29, 1.82) is 0 Å². The van der Waals surface area contributed by atoms with E-state index in [1.807, 2.05) is 34.9 Å². The summed E-state index contributed by atoms with van der Waals surface area (Å²) < 4.78 is 0. The van der Waals surface area contributed by atoms with Crippen LogP contribution in [0.3, 0.4) is 0 Å². The minimum Gasteiger partial charge on any atom is -0.368 e. The molecule has 1 aromatic rings. The normalized spacial score (nSPS) is 11.1. The van der Waals surface area contributed by atoms with Gasteiger partial charge >= 0.3 is 0 Å². The molecule has 0 aliphatic heterocycles. The number of carbonyl (C=O) groups excluding carboxylic acids is 1. The van der Waals surface area contributed by atoms with Gasteiger partial charge in [-0.1, -0.05) is 0 Å². The van der Waals surface area contributed by atoms with Gasteiger partial charge in [-0.25, -0.2) is 0 Å². The standard InChI is InChI=1S/C12H23N7O/c1-12(2,3)18-8(20)6-7-14-10-15-9(13)16-11(17-10)19(4)5/h6-7H2,1-5H3,(H,18,20)(H3,13,14,15,16,17). The third kappa shape index (κ3) is 5.68. The maximum atomic E-state index is 11.7. The molecule has 0 radical (unpaired) electrons. The van der Waals surface area contributed by atoms with Gasteiger partial charge < -0.3 is 21.3 Å². The van der Waals surface area contributed by atoms with Crippen molar-refractivity contribution in [2.45, 2.75) is 32.7 Å². The number of hydrogen-bond donors (Lipinski definition) is 3. The number of hydrogen-bond acceptors (Lipinski definition) is 7. The first-order valence-corrected chi connectivity index (χ1v) is 6.41. The molecule has 0 aliphatic rings. The number of nitrogen functional groups attached to an aromatic ring is 1. The van der Waals surface area contributed by atoms with E-state index in [0.717, 1.165) is 0 Å². The Morgan fingerprint density at radius 3 is 2.45 bits per heavy atom. The largest absolute Gasteiger partial charge is 0.368 e. The average molecular weight is 281 g/mol. The number of carbonyl (C=O) groups is 1. The number of rotatable bonds is 5. The minimum absolute atomic E-state index is 0.0279. The van der Waals surface area contributed by atoms with Crippen molar-refractivity contribution in [3.05, 3.63) is 0 Å². The van der Waals surface area contributed by atoms with E-state index in [4.69, 9.17) is 5.73 Å². The molecule has 0 aromatic carbocycles. The Balaban J connectivity index is 2.52. The van der Waals surface area contributed by atoms with Gasteiger partial charge in [-0.15, -0.1) is 0 Å². The second kappa shape index (κ2) is 6.36. The van der Waals surface area contributed by atoms with Crippen LogP contribution in [0.15, 0.2) is 0 Å². The molecule has 20 heavy (non-hydrogen) atoms. The van der Waals surface area contributed by atoms with E-state index in [-0.39, 0.29) is 17.4 Å². The fourth-order valence-corrected chi connectivity index (χ4v) is 1.43. The Hall–Kier alpha value is -2.12. The molecule has 112 valence electrons. The highest BCUT2D eigenvalue weighted by Gasteiger charge is 2.13. The number of nitrogens with one attached hydrogen (secondary N) is 2. The quantitative estimate of drug-likeness (QED) is 0.709. The molecule has 0 spiro atoms. The zero-order valence-corrected chi connectivity index (χ0v) is 12.7. The number of nitrogens with zero attached hydrogens (tertiary/aromatic N) is 4. The highest BCUT2D eigenvalue weighted by Crippen LogP contribution is 2.09. The monoisotopic (exact) mass is 281 g/mol. The van der Waals surface area contributed by atoms with Gasteiger partial charge in [-0.05, 0) is 20.8 Å². The van der Waals surface area contributed by atoms with E-state index in [1.54, 1.807) is 4.90 Å². The van der Waals surface area contributed by atoms with Gasteiger partial charge in [-0.3, -0.25) is 4.79 Å². The van der Waals surface area contributed by atoms with Gasteiger partial charge in [-0.2, -0.15) is 15.0 Å². The third-order valence-corrected chi connectivity index (χ3v) is 2.19. The Labute approximate surface area is 119 Å². The number of nitrogens with two attached hydrogens (primary N) is 1. The van der Waals surface area contributed by atoms with Crippen LogP contribution in [0, 0.1) is 0 Å². The molecule has 0 unspecified atom stereocenters. The first-order chi connectivity index (χ1) is 9.17. The number of aromatic nitrogens is 3. The lowest BCUT2D eigenvalue weighted by molar-refractivity contribution is -0.122. The minimum atomic E-state index is -0.229. The number of amides is 1. The summed E-state index contributed by atoms with van der Waals surface area (Å²) in [6.07, 6.45) is 0.333. The van der Waals surface area contributed by atoms with Crippen molar-refractivity contribution >= 4 is 23.8 Å². The zero-order valence-electron chi connectivity index (χ0n) is 12.7. The van der Waals surface area contributed by atoms with E-state index in [0.29, 0.717) is 24.9 Å². The molecular weight excluding hydrogens is 258 g/mol. The lowest BCUT2D eigenvalue weighted by Gasteiger charge is -2.20. The topological polar surface area (TPSA) is 109 Å².